The molecule has 0 atom stereocenters. The zero-order valence-electron chi connectivity index (χ0n) is 9.77. The maximum absolute atomic E-state index is 9.24. The summed E-state index contributed by atoms with van der Waals surface area (Å²) in [5.74, 6) is 0. The molecule has 0 bridgehead atoms. The summed E-state index contributed by atoms with van der Waals surface area (Å²) in [5.41, 5.74) is 4.23. The third-order valence-electron chi connectivity index (χ3n) is 3.27. The molecule has 2 heteroatoms. The quantitative estimate of drug-likeness (QED) is 0.784. The summed E-state index contributed by atoms with van der Waals surface area (Å²) in [7, 11) is 0. The van der Waals surface area contributed by atoms with Gasteiger partial charge in [0.05, 0.1) is 0 Å². The van der Waals surface area contributed by atoms with Crippen LogP contribution in [-0.2, 0) is 19.3 Å². The minimum absolute atomic E-state index is 0.00650. The fourth-order valence-corrected chi connectivity index (χ4v) is 2.34. The lowest BCUT2D eigenvalue weighted by molar-refractivity contribution is 0.159. The Hall–Kier alpha value is -0.760. The van der Waals surface area contributed by atoms with Gasteiger partial charge in [0.1, 0.15) is 0 Å². The van der Waals surface area contributed by atoms with Gasteiger partial charge in [-0.1, -0.05) is 13.8 Å². The minimum atomic E-state index is -0.00650. The fourth-order valence-electron chi connectivity index (χ4n) is 2.34. The maximum atomic E-state index is 9.24. The monoisotopic (exact) mass is 207 g/mol. The molecular formula is C13H21NO. The highest BCUT2D eigenvalue weighted by atomic mass is 16.3. The van der Waals surface area contributed by atoms with Crippen LogP contribution in [0.5, 0.6) is 0 Å². The molecule has 15 heavy (non-hydrogen) atoms. The Morgan fingerprint density at radius 1 is 1.33 bits per heavy atom. The van der Waals surface area contributed by atoms with Crippen molar-refractivity contribution in [2.75, 3.05) is 6.61 Å². The first kappa shape index (κ1) is 10.7. The van der Waals surface area contributed by atoms with E-state index in [0.717, 1.165) is 6.42 Å². The minimum Gasteiger partial charge on any atom is -0.396 e. The second-order valence-electron chi connectivity index (χ2n) is 5.50. The van der Waals surface area contributed by atoms with E-state index >= 15 is 0 Å². The number of H-pyrrole nitrogens is 1. The van der Waals surface area contributed by atoms with Crippen molar-refractivity contribution >= 4 is 0 Å². The average molecular weight is 207 g/mol. The van der Waals surface area contributed by atoms with Crippen LogP contribution in [0.25, 0.3) is 0 Å². The molecule has 0 aliphatic heterocycles. The van der Waals surface area contributed by atoms with Crippen LogP contribution in [-0.4, -0.2) is 16.7 Å². The molecule has 0 saturated heterocycles. The summed E-state index contributed by atoms with van der Waals surface area (Å²) in [5, 5.41) is 9.24. The van der Waals surface area contributed by atoms with Gasteiger partial charge in [0, 0.05) is 18.0 Å². The van der Waals surface area contributed by atoms with Crippen molar-refractivity contribution in [1.82, 2.24) is 4.98 Å². The van der Waals surface area contributed by atoms with Crippen LogP contribution >= 0.6 is 0 Å². The Bertz CT molecular complexity index is 315. The molecule has 1 aromatic heterocycles. The molecule has 1 heterocycles. The van der Waals surface area contributed by atoms with Crippen LogP contribution in [0.4, 0.5) is 0 Å². The molecule has 0 radical (unpaired) electrons. The Balaban J connectivity index is 2.13. The third kappa shape index (κ3) is 2.43. The number of hydrogen-bond acceptors (Lipinski definition) is 1. The predicted octanol–water partition coefficient (Wildman–Crippen LogP) is 2.45. The zero-order valence-corrected chi connectivity index (χ0v) is 9.77. The van der Waals surface area contributed by atoms with Crippen molar-refractivity contribution in [2.24, 2.45) is 5.41 Å². The molecule has 2 nitrogen and oxygen atoms in total. The standard InChI is InChI=1S/C13H21NO/c1-13(2,9-15)8-11-7-10-5-3-4-6-12(10)14-11/h7,14-15H,3-6,8-9H2,1-2H3. The van der Waals surface area contributed by atoms with Crippen molar-refractivity contribution in [1.29, 1.82) is 0 Å². The SMILES string of the molecule is CC(C)(CO)Cc1cc2c([nH]1)CCCC2. The molecule has 1 aliphatic rings. The van der Waals surface area contributed by atoms with Crippen LogP contribution in [0.2, 0.25) is 0 Å². The smallest absolute Gasteiger partial charge is 0.0485 e. The third-order valence-corrected chi connectivity index (χ3v) is 3.27. The Kier molecular flexibility index (Phi) is 2.87. The van der Waals surface area contributed by atoms with E-state index in [0.29, 0.717) is 0 Å². The maximum Gasteiger partial charge on any atom is 0.0485 e. The Labute approximate surface area is 91.7 Å². The van der Waals surface area contributed by atoms with Gasteiger partial charge in [0.25, 0.3) is 0 Å². The first-order valence-electron chi connectivity index (χ1n) is 5.91. The van der Waals surface area contributed by atoms with E-state index in [1.807, 2.05) is 0 Å². The van der Waals surface area contributed by atoms with Gasteiger partial charge in [0.2, 0.25) is 0 Å². The highest BCUT2D eigenvalue weighted by molar-refractivity contribution is 5.28. The molecule has 0 amide bonds. The molecule has 0 aromatic carbocycles. The Morgan fingerprint density at radius 3 is 2.73 bits per heavy atom. The highest BCUT2D eigenvalue weighted by Crippen LogP contribution is 2.26. The van der Waals surface area contributed by atoms with E-state index < -0.39 is 0 Å². The number of aryl methyl sites for hydroxylation is 2. The molecule has 0 fully saturated rings. The predicted molar refractivity (Wildman–Crippen MR) is 62.0 cm³/mol. The number of aromatic nitrogens is 1. The Morgan fingerprint density at radius 2 is 2.07 bits per heavy atom. The molecule has 0 spiro atoms. The molecule has 0 saturated carbocycles. The number of aliphatic hydroxyl groups excluding tert-OH is 1. The second kappa shape index (κ2) is 4.01. The lowest BCUT2D eigenvalue weighted by Crippen LogP contribution is -2.19. The van der Waals surface area contributed by atoms with Crippen molar-refractivity contribution in [3.8, 4) is 0 Å². The van der Waals surface area contributed by atoms with Gasteiger partial charge in [-0.15, -0.1) is 0 Å². The fraction of sp³-hybridized carbons (Fsp3) is 0.692. The summed E-state index contributed by atoms with van der Waals surface area (Å²) in [6, 6.07) is 2.30. The van der Waals surface area contributed by atoms with Crippen molar-refractivity contribution in [3.05, 3.63) is 23.0 Å². The van der Waals surface area contributed by atoms with Crippen LogP contribution < -0.4 is 0 Å². The topological polar surface area (TPSA) is 36.0 Å². The first-order chi connectivity index (χ1) is 7.11. The van der Waals surface area contributed by atoms with Crippen LogP contribution in [0.15, 0.2) is 6.07 Å². The number of hydrogen-bond donors (Lipinski definition) is 2. The van der Waals surface area contributed by atoms with Gasteiger partial charge >= 0.3 is 0 Å². The first-order valence-corrected chi connectivity index (χ1v) is 5.91. The van der Waals surface area contributed by atoms with Crippen molar-refractivity contribution < 1.29 is 5.11 Å². The van der Waals surface area contributed by atoms with E-state index in [2.05, 4.69) is 24.9 Å². The van der Waals surface area contributed by atoms with E-state index in [4.69, 9.17) is 0 Å². The normalized spacial score (nSPS) is 16.5. The summed E-state index contributed by atoms with van der Waals surface area (Å²) in [6.07, 6.45) is 6.01. The molecule has 0 unspecified atom stereocenters. The molecule has 2 N–H and O–H groups in total. The van der Waals surface area contributed by atoms with E-state index in [9.17, 15) is 5.11 Å². The highest BCUT2D eigenvalue weighted by Gasteiger charge is 2.20. The largest absolute Gasteiger partial charge is 0.396 e. The van der Waals surface area contributed by atoms with Crippen molar-refractivity contribution in [3.63, 3.8) is 0 Å². The number of aromatic amines is 1. The number of aliphatic hydroxyl groups is 1. The summed E-state index contributed by atoms with van der Waals surface area (Å²) >= 11 is 0. The van der Waals surface area contributed by atoms with Gasteiger partial charge in [-0.3, -0.25) is 0 Å². The van der Waals surface area contributed by atoms with E-state index in [-0.39, 0.29) is 12.0 Å². The number of rotatable bonds is 3. The number of nitrogens with one attached hydrogen (secondary N) is 1. The summed E-state index contributed by atoms with van der Waals surface area (Å²) in [6.45, 7) is 4.45. The number of fused-ring (bicyclic) bond motifs is 1. The van der Waals surface area contributed by atoms with Crippen LogP contribution in [0, 0.1) is 5.41 Å². The van der Waals surface area contributed by atoms with Gasteiger partial charge in [-0.2, -0.15) is 0 Å². The van der Waals surface area contributed by atoms with E-state index in [1.165, 1.54) is 42.6 Å². The molecule has 1 aromatic rings. The summed E-state index contributed by atoms with van der Waals surface area (Å²) in [4.78, 5) is 3.51. The van der Waals surface area contributed by atoms with Crippen LogP contribution in [0.3, 0.4) is 0 Å². The summed E-state index contributed by atoms with van der Waals surface area (Å²) < 4.78 is 0. The average Bonchev–Trinajstić information content (AvgIpc) is 2.58. The molecular weight excluding hydrogens is 186 g/mol. The molecule has 84 valence electrons. The van der Waals surface area contributed by atoms with E-state index in [1.54, 1.807) is 0 Å². The van der Waals surface area contributed by atoms with Gasteiger partial charge in [0.15, 0.2) is 0 Å². The lowest BCUT2D eigenvalue weighted by Gasteiger charge is -2.20. The second-order valence-corrected chi connectivity index (χ2v) is 5.50. The van der Waals surface area contributed by atoms with Gasteiger partial charge < -0.3 is 10.1 Å². The van der Waals surface area contributed by atoms with Gasteiger partial charge in [-0.05, 0) is 49.1 Å². The van der Waals surface area contributed by atoms with Crippen molar-refractivity contribution in [2.45, 2.75) is 46.0 Å². The lowest BCUT2D eigenvalue weighted by atomic mass is 9.89. The van der Waals surface area contributed by atoms with Gasteiger partial charge in [-0.25, -0.2) is 0 Å². The molecule has 2 rings (SSSR count). The zero-order chi connectivity index (χ0) is 10.9. The molecule has 1 aliphatic carbocycles. The van der Waals surface area contributed by atoms with Crippen LogP contribution in [0.1, 0.15) is 43.6 Å².